The molecule has 0 spiro atoms. The van der Waals surface area contributed by atoms with Crippen molar-refractivity contribution in [1.82, 2.24) is 9.78 Å². The van der Waals surface area contributed by atoms with E-state index in [1.165, 1.54) is 10.9 Å². The summed E-state index contributed by atoms with van der Waals surface area (Å²) >= 11 is 11.9. The van der Waals surface area contributed by atoms with Crippen LogP contribution in [0.3, 0.4) is 0 Å². The minimum atomic E-state index is -0.442. The average Bonchev–Trinajstić information content (AvgIpc) is 2.96. The molecule has 2 aromatic carbocycles. The highest BCUT2D eigenvalue weighted by atomic mass is 35.5. The molecule has 1 aromatic heterocycles. The molecule has 0 unspecified atom stereocenters. The number of benzene rings is 2. The van der Waals surface area contributed by atoms with E-state index in [0.29, 0.717) is 15.6 Å². The number of carbonyl (C=O) groups is 1. The number of primary amides is 1. The van der Waals surface area contributed by atoms with Gasteiger partial charge in [-0.05, 0) is 17.7 Å². The highest BCUT2D eigenvalue weighted by molar-refractivity contribution is 6.36. The fraction of sp³-hybridized carbons (Fsp3) is 0.0588. The van der Waals surface area contributed by atoms with E-state index in [2.05, 4.69) is 5.10 Å². The number of rotatable bonds is 2. The van der Waals surface area contributed by atoms with Gasteiger partial charge in [-0.25, -0.2) is 0 Å². The third-order valence-electron chi connectivity index (χ3n) is 3.01. The van der Waals surface area contributed by atoms with E-state index in [-0.39, 0.29) is 0 Å². The van der Waals surface area contributed by atoms with Crippen molar-refractivity contribution < 1.29 is 4.79 Å². The van der Waals surface area contributed by atoms with Crippen LogP contribution in [0, 0.1) is 0 Å². The topological polar surface area (TPSA) is 60.9 Å². The highest BCUT2D eigenvalue weighted by Gasteiger charge is 2.02. The van der Waals surface area contributed by atoms with Gasteiger partial charge in [0, 0.05) is 28.9 Å². The fourth-order valence-electron chi connectivity index (χ4n) is 1.89. The van der Waals surface area contributed by atoms with Gasteiger partial charge in [-0.1, -0.05) is 59.6 Å². The minimum Gasteiger partial charge on any atom is -0.366 e. The number of carbonyl (C=O) groups excluding carboxylic acids is 1. The van der Waals surface area contributed by atoms with Crippen LogP contribution in [-0.2, 0) is 7.05 Å². The maximum absolute atomic E-state index is 10.4. The summed E-state index contributed by atoms with van der Waals surface area (Å²) in [5.41, 5.74) is 7.49. The molecule has 0 radical (unpaired) electrons. The van der Waals surface area contributed by atoms with Crippen LogP contribution in [-0.4, -0.2) is 15.7 Å². The standard InChI is InChI=1S/C12H8Cl2.C5H7N3O/c13-10-6-7-11(12(14)8-10)9-4-2-1-3-5-9;1-8-3-4(2-7-8)5(6)9/h1-8H;2-3H,1H3,(H2,6,9). The number of halogens is 2. The summed E-state index contributed by atoms with van der Waals surface area (Å²) in [7, 11) is 1.73. The quantitative estimate of drug-likeness (QED) is 0.755. The number of nitrogens with two attached hydrogens (primary N) is 1. The van der Waals surface area contributed by atoms with Crippen LogP contribution in [0.15, 0.2) is 60.9 Å². The maximum atomic E-state index is 10.4. The Bertz CT molecular complexity index is 801. The second-order valence-electron chi connectivity index (χ2n) is 4.76. The molecule has 0 saturated heterocycles. The van der Waals surface area contributed by atoms with Crippen molar-refractivity contribution >= 4 is 29.1 Å². The molecule has 23 heavy (non-hydrogen) atoms. The summed E-state index contributed by atoms with van der Waals surface area (Å²) in [5, 5.41) is 5.10. The van der Waals surface area contributed by atoms with E-state index in [0.717, 1.165) is 11.1 Å². The lowest BCUT2D eigenvalue weighted by molar-refractivity contribution is 0.1000. The number of amides is 1. The molecule has 3 aromatic rings. The summed E-state index contributed by atoms with van der Waals surface area (Å²) in [6.07, 6.45) is 3.00. The van der Waals surface area contributed by atoms with E-state index in [1.54, 1.807) is 19.3 Å². The monoisotopic (exact) mass is 347 g/mol. The van der Waals surface area contributed by atoms with E-state index in [1.807, 2.05) is 42.5 Å². The molecule has 0 saturated carbocycles. The molecule has 1 amide bonds. The van der Waals surface area contributed by atoms with Crippen molar-refractivity contribution in [3.63, 3.8) is 0 Å². The van der Waals surface area contributed by atoms with Gasteiger partial charge in [0.2, 0.25) is 0 Å². The molecule has 6 heteroatoms. The first-order valence-electron chi connectivity index (χ1n) is 6.76. The van der Waals surface area contributed by atoms with Gasteiger partial charge in [0.15, 0.2) is 0 Å². The third-order valence-corrected chi connectivity index (χ3v) is 3.55. The Labute approximate surface area is 144 Å². The number of hydrogen-bond donors (Lipinski definition) is 1. The first-order chi connectivity index (χ1) is 11.0. The number of hydrogen-bond acceptors (Lipinski definition) is 2. The van der Waals surface area contributed by atoms with E-state index >= 15 is 0 Å². The highest BCUT2D eigenvalue weighted by Crippen LogP contribution is 2.29. The van der Waals surface area contributed by atoms with E-state index in [9.17, 15) is 4.79 Å². The number of aromatic nitrogens is 2. The summed E-state index contributed by atoms with van der Waals surface area (Å²) in [6.45, 7) is 0. The van der Waals surface area contributed by atoms with Gasteiger partial charge in [-0.3, -0.25) is 9.48 Å². The SMILES string of the molecule is Clc1ccc(-c2ccccc2)c(Cl)c1.Cn1cc(C(N)=O)cn1. The Morgan fingerprint density at radius 2 is 1.83 bits per heavy atom. The Morgan fingerprint density at radius 3 is 2.30 bits per heavy atom. The molecule has 0 fully saturated rings. The molecule has 0 aliphatic carbocycles. The van der Waals surface area contributed by atoms with Crippen LogP contribution >= 0.6 is 23.2 Å². The third kappa shape index (κ3) is 4.84. The molecule has 0 aliphatic rings. The molecular formula is C17H15Cl2N3O. The van der Waals surface area contributed by atoms with Crippen molar-refractivity contribution in [2.24, 2.45) is 12.8 Å². The minimum absolute atomic E-state index is 0.442. The summed E-state index contributed by atoms with van der Waals surface area (Å²) in [4.78, 5) is 10.4. The smallest absolute Gasteiger partial charge is 0.251 e. The lowest BCUT2D eigenvalue weighted by atomic mass is 10.1. The van der Waals surface area contributed by atoms with Crippen LogP contribution in [0.2, 0.25) is 10.0 Å². The first-order valence-corrected chi connectivity index (χ1v) is 7.52. The summed E-state index contributed by atoms with van der Waals surface area (Å²) in [5.74, 6) is -0.442. The second kappa shape index (κ2) is 7.81. The molecule has 1 heterocycles. The van der Waals surface area contributed by atoms with Crippen molar-refractivity contribution in [3.05, 3.63) is 76.5 Å². The van der Waals surface area contributed by atoms with Gasteiger partial charge in [0.05, 0.1) is 11.8 Å². The van der Waals surface area contributed by atoms with Gasteiger partial charge in [-0.2, -0.15) is 5.10 Å². The number of aryl methyl sites for hydroxylation is 1. The second-order valence-corrected chi connectivity index (χ2v) is 5.60. The zero-order chi connectivity index (χ0) is 16.8. The normalized spacial score (nSPS) is 9.87. The van der Waals surface area contributed by atoms with Crippen LogP contribution in [0.5, 0.6) is 0 Å². The van der Waals surface area contributed by atoms with E-state index in [4.69, 9.17) is 28.9 Å². The molecule has 118 valence electrons. The fourth-order valence-corrected chi connectivity index (χ4v) is 2.41. The van der Waals surface area contributed by atoms with Crippen LogP contribution in [0.4, 0.5) is 0 Å². The van der Waals surface area contributed by atoms with Crippen LogP contribution < -0.4 is 5.73 Å². The van der Waals surface area contributed by atoms with Crippen molar-refractivity contribution in [2.45, 2.75) is 0 Å². The summed E-state index contributed by atoms with van der Waals surface area (Å²) < 4.78 is 1.53. The largest absolute Gasteiger partial charge is 0.366 e. The first kappa shape index (κ1) is 17.1. The van der Waals surface area contributed by atoms with Gasteiger partial charge < -0.3 is 5.73 Å². The summed E-state index contributed by atoms with van der Waals surface area (Å²) in [6, 6.07) is 15.5. The Hall–Kier alpha value is -2.30. The zero-order valence-corrected chi connectivity index (χ0v) is 13.9. The Balaban J connectivity index is 0.000000185. The van der Waals surface area contributed by atoms with Crippen molar-refractivity contribution in [2.75, 3.05) is 0 Å². The van der Waals surface area contributed by atoms with Gasteiger partial charge in [0.1, 0.15) is 0 Å². The van der Waals surface area contributed by atoms with Crippen molar-refractivity contribution in [1.29, 1.82) is 0 Å². The number of nitrogens with zero attached hydrogens (tertiary/aromatic N) is 2. The van der Waals surface area contributed by atoms with E-state index < -0.39 is 5.91 Å². The Kier molecular flexibility index (Phi) is 5.79. The van der Waals surface area contributed by atoms with Crippen LogP contribution in [0.1, 0.15) is 10.4 Å². The van der Waals surface area contributed by atoms with Gasteiger partial charge in [0.25, 0.3) is 5.91 Å². The molecule has 4 nitrogen and oxygen atoms in total. The molecule has 0 aliphatic heterocycles. The van der Waals surface area contributed by atoms with Crippen molar-refractivity contribution in [3.8, 4) is 11.1 Å². The van der Waals surface area contributed by atoms with Gasteiger partial charge in [-0.15, -0.1) is 0 Å². The lowest BCUT2D eigenvalue weighted by Gasteiger charge is -2.04. The molecular weight excluding hydrogens is 333 g/mol. The van der Waals surface area contributed by atoms with Crippen LogP contribution in [0.25, 0.3) is 11.1 Å². The predicted octanol–water partition coefficient (Wildman–Crippen LogP) is 4.18. The molecule has 3 rings (SSSR count). The average molecular weight is 348 g/mol. The molecule has 0 atom stereocenters. The van der Waals surface area contributed by atoms with Gasteiger partial charge >= 0.3 is 0 Å². The maximum Gasteiger partial charge on any atom is 0.251 e. The zero-order valence-electron chi connectivity index (χ0n) is 12.4. The lowest BCUT2D eigenvalue weighted by Crippen LogP contribution is -2.09. The molecule has 0 bridgehead atoms. The predicted molar refractivity (Wildman–Crippen MR) is 93.6 cm³/mol. The molecule has 2 N–H and O–H groups in total. The Morgan fingerprint density at radius 1 is 1.13 bits per heavy atom.